The van der Waals surface area contributed by atoms with E-state index in [-0.39, 0.29) is 5.25 Å². The van der Waals surface area contributed by atoms with Crippen molar-refractivity contribution >= 4 is 10.0 Å². The third-order valence-corrected chi connectivity index (χ3v) is 3.91. The number of likely N-dealkylation sites (N-methyl/N-ethyl adjacent to an activating group) is 1. The fourth-order valence-corrected chi connectivity index (χ4v) is 2.01. The molecule has 92 valence electrons. The molecule has 0 saturated heterocycles. The number of hydrogen-bond acceptors (Lipinski definition) is 4. The van der Waals surface area contributed by atoms with Crippen LogP contribution in [-0.2, 0) is 10.0 Å². The van der Waals surface area contributed by atoms with Gasteiger partial charge >= 0.3 is 0 Å². The molecule has 0 radical (unpaired) electrons. The van der Waals surface area contributed by atoms with E-state index in [1.807, 2.05) is 25.9 Å². The van der Waals surface area contributed by atoms with Gasteiger partial charge in [-0.15, -0.1) is 0 Å². The van der Waals surface area contributed by atoms with E-state index in [4.69, 9.17) is 0 Å². The van der Waals surface area contributed by atoms with Gasteiger partial charge in [-0.2, -0.15) is 0 Å². The van der Waals surface area contributed by atoms with Gasteiger partial charge in [0.2, 0.25) is 10.0 Å². The maximum Gasteiger partial charge on any atom is 0.215 e. The molecule has 0 rings (SSSR count). The van der Waals surface area contributed by atoms with Crippen LogP contribution in [0.25, 0.3) is 0 Å². The van der Waals surface area contributed by atoms with Crippen molar-refractivity contribution in [2.24, 2.45) is 0 Å². The van der Waals surface area contributed by atoms with E-state index in [0.29, 0.717) is 19.6 Å². The lowest BCUT2D eigenvalue weighted by Crippen LogP contribution is -2.41. The summed E-state index contributed by atoms with van der Waals surface area (Å²) in [6, 6.07) is 0. The first-order valence-electron chi connectivity index (χ1n) is 5.24. The normalized spacial score (nSPS) is 14.5. The first-order valence-corrected chi connectivity index (χ1v) is 6.78. The van der Waals surface area contributed by atoms with Crippen molar-refractivity contribution in [2.45, 2.75) is 19.1 Å². The second kappa shape index (κ2) is 7.16. The molecule has 0 saturated carbocycles. The van der Waals surface area contributed by atoms with E-state index >= 15 is 0 Å². The lowest BCUT2D eigenvalue weighted by Gasteiger charge is -2.15. The zero-order valence-corrected chi connectivity index (χ0v) is 10.9. The molecule has 0 aromatic heterocycles. The van der Waals surface area contributed by atoms with Crippen molar-refractivity contribution in [3.63, 3.8) is 0 Å². The summed E-state index contributed by atoms with van der Waals surface area (Å²) in [4.78, 5) is 1.94. The molecule has 0 aromatic carbocycles. The Morgan fingerprint density at radius 1 is 1.33 bits per heavy atom. The lowest BCUT2D eigenvalue weighted by atomic mass is 10.5. The van der Waals surface area contributed by atoms with Crippen molar-refractivity contribution in [1.29, 1.82) is 0 Å². The summed E-state index contributed by atoms with van der Waals surface area (Å²) in [5, 5.41) is 2.63. The zero-order chi connectivity index (χ0) is 11.9. The SMILES string of the molecule is CCNCC(C)S(=O)(=O)NCCN(C)C. The van der Waals surface area contributed by atoms with Gasteiger partial charge in [0, 0.05) is 19.6 Å². The second-order valence-corrected chi connectivity index (χ2v) is 6.04. The maximum absolute atomic E-state index is 11.6. The Morgan fingerprint density at radius 3 is 2.40 bits per heavy atom. The van der Waals surface area contributed by atoms with Crippen LogP contribution in [0, 0.1) is 0 Å². The molecule has 0 fully saturated rings. The highest BCUT2D eigenvalue weighted by Gasteiger charge is 2.18. The highest BCUT2D eigenvalue weighted by Crippen LogP contribution is 1.95. The zero-order valence-electron chi connectivity index (χ0n) is 10.1. The molecule has 0 heterocycles. The Labute approximate surface area is 93.3 Å². The van der Waals surface area contributed by atoms with Crippen molar-refractivity contribution in [1.82, 2.24) is 14.9 Å². The van der Waals surface area contributed by atoms with E-state index in [0.717, 1.165) is 6.54 Å². The van der Waals surface area contributed by atoms with Crippen molar-refractivity contribution in [2.75, 3.05) is 40.3 Å². The minimum atomic E-state index is -3.17. The first kappa shape index (κ1) is 14.8. The highest BCUT2D eigenvalue weighted by molar-refractivity contribution is 7.90. The average Bonchev–Trinajstić information content (AvgIpc) is 2.13. The molecule has 0 bridgehead atoms. The van der Waals surface area contributed by atoms with Gasteiger partial charge in [0.1, 0.15) is 0 Å². The molecule has 0 spiro atoms. The summed E-state index contributed by atoms with van der Waals surface area (Å²) < 4.78 is 25.9. The monoisotopic (exact) mass is 237 g/mol. The molecule has 0 aromatic rings. The third kappa shape index (κ3) is 6.83. The fraction of sp³-hybridized carbons (Fsp3) is 1.00. The van der Waals surface area contributed by atoms with Crippen LogP contribution in [0.1, 0.15) is 13.8 Å². The largest absolute Gasteiger partial charge is 0.316 e. The fourth-order valence-electron chi connectivity index (χ4n) is 1.01. The van der Waals surface area contributed by atoms with Crippen LogP contribution in [0.3, 0.4) is 0 Å². The minimum Gasteiger partial charge on any atom is -0.316 e. The molecule has 0 amide bonds. The second-order valence-electron chi connectivity index (χ2n) is 3.86. The summed E-state index contributed by atoms with van der Waals surface area (Å²) in [6.45, 7) is 6.13. The predicted octanol–water partition coefficient (Wildman–Crippen LogP) is -0.535. The molecule has 5 nitrogen and oxygen atoms in total. The Balaban J connectivity index is 3.95. The number of sulfonamides is 1. The Morgan fingerprint density at radius 2 is 1.93 bits per heavy atom. The molecule has 1 atom stereocenters. The summed E-state index contributed by atoms with van der Waals surface area (Å²) >= 11 is 0. The topological polar surface area (TPSA) is 61.4 Å². The van der Waals surface area contributed by atoms with Gasteiger partial charge < -0.3 is 10.2 Å². The van der Waals surface area contributed by atoms with Crippen LogP contribution in [0.2, 0.25) is 0 Å². The molecule has 0 aliphatic rings. The molecular formula is C9H23N3O2S. The first-order chi connectivity index (χ1) is 6.90. The summed E-state index contributed by atoms with van der Waals surface area (Å²) in [7, 11) is 0.659. The van der Waals surface area contributed by atoms with E-state index in [2.05, 4.69) is 10.0 Å². The molecule has 2 N–H and O–H groups in total. The van der Waals surface area contributed by atoms with Crippen LogP contribution >= 0.6 is 0 Å². The maximum atomic E-state index is 11.6. The van der Waals surface area contributed by atoms with Gasteiger partial charge in [-0.05, 0) is 27.6 Å². The van der Waals surface area contributed by atoms with Crippen LogP contribution in [0.4, 0.5) is 0 Å². The average molecular weight is 237 g/mol. The third-order valence-electron chi connectivity index (χ3n) is 2.07. The van der Waals surface area contributed by atoms with E-state index in [1.54, 1.807) is 6.92 Å². The van der Waals surface area contributed by atoms with Crippen LogP contribution in [-0.4, -0.2) is 58.8 Å². The number of rotatable bonds is 8. The van der Waals surface area contributed by atoms with E-state index in [9.17, 15) is 8.42 Å². The summed E-state index contributed by atoms with van der Waals surface area (Å²) in [5.74, 6) is 0. The molecule has 15 heavy (non-hydrogen) atoms. The molecule has 1 unspecified atom stereocenters. The quantitative estimate of drug-likeness (QED) is 0.595. The highest BCUT2D eigenvalue weighted by atomic mass is 32.2. The van der Waals surface area contributed by atoms with Crippen molar-refractivity contribution in [3.8, 4) is 0 Å². The van der Waals surface area contributed by atoms with Gasteiger partial charge in [0.15, 0.2) is 0 Å². The number of nitrogens with one attached hydrogen (secondary N) is 2. The standard InChI is InChI=1S/C9H23N3O2S/c1-5-10-8-9(2)15(13,14)11-6-7-12(3)4/h9-11H,5-8H2,1-4H3. The molecular weight excluding hydrogens is 214 g/mol. The van der Waals surface area contributed by atoms with Crippen molar-refractivity contribution in [3.05, 3.63) is 0 Å². The predicted molar refractivity (Wildman–Crippen MR) is 63.5 cm³/mol. The van der Waals surface area contributed by atoms with Gasteiger partial charge in [-0.25, -0.2) is 13.1 Å². The molecule has 0 aliphatic carbocycles. The van der Waals surface area contributed by atoms with Gasteiger partial charge in [0.05, 0.1) is 5.25 Å². The Kier molecular flexibility index (Phi) is 7.08. The van der Waals surface area contributed by atoms with Crippen LogP contribution in [0.5, 0.6) is 0 Å². The molecule has 0 aliphatic heterocycles. The van der Waals surface area contributed by atoms with Gasteiger partial charge in [-0.3, -0.25) is 0 Å². The smallest absolute Gasteiger partial charge is 0.215 e. The van der Waals surface area contributed by atoms with Crippen LogP contribution in [0.15, 0.2) is 0 Å². The van der Waals surface area contributed by atoms with E-state index in [1.165, 1.54) is 0 Å². The van der Waals surface area contributed by atoms with Gasteiger partial charge in [-0.1, -0.05) is 6.92 Å². The Hall–Kier alpha value is -0.170. The summed E-state index contributed by atoms with van der Waals surface area (Å²) in [6.07, 6.45) is 0. The lowest BCUT2D eigenvalue weighted by molar-refractivity contribution is 0.412. The van der Waals surface area contributed by atoms with Crippen LogP contribution < -0.4 is 10.0 Å². The summed E-state index contributed by atoms with van der Waals surface area (Å²) in [5.41, 5.74) is 0. The van der Waals surface area contributed by atoms with E-state index < -0.39 is 10.0 Å². The number of nitrogens with zero attached hydrogens (tertiary/aromatic N) is 1. The van der Waals surface area contributed by atoms with Gasteiger partial charge in [0.25, 0.3) is 0 Å². The number of hydrogen-bond donors (Lipinski definition) is 2. The Bertz CT molecular complexity index is 252. The minimum absolute atomic E-state index is 0.389. The van der Waals surface area contributed by atoms with Crippen molar-refractivity contribution < 1.29 is 8.42 Å². The molecule has 6 heteroatoms.